The van der Waals surface area contributed by atoms with E-state index in [1.807, 2.05) is 20.8 Å². The number of nitrogens with one attached hydrogen (secondary N) is 1. The second-order valence-electron chi connectivity index (χ2n) is 4.79. The molecule has 0 saturated carbocycles. The third-order valence-electron chi connectivity index (χ3n) is 2.74. The van der Waals surface area contributed by atoms with E-state index in [2.05, 4.69) is 11.9 Å². The molecule has 0 fully saturated rings. The molecule has 0 bridgehead atoms. The van der Waals surface area contributed by atoms with Gasteiger partial charge in [-0.05, 0) is 19.4 Å². The number of carbonyl (C=O) groups excluding carboxylic acids is 1. The number of hydrogen-bond donors (Lipinski definition) is 1. The normalized spacial score (nSPS) is 19.0. The van der Waals surface area contributed by atoms with Gasteiger partial charge in [0.2, 0.25) is 16.2 Å². The Bertz CT molecular complexity index is 510. The van der Waals surface area contributed by atoms with Gasteiger partial charge in [0.05, 0.1) is 4.91 Å². The van der Waals surface area contributed by atoms with Crippen molar-refractivity contribution in [3.05, 3.63) is 34.2 Å². The van der Waals surface area contributed by atoms with Gasteiger partial charge in [-0.2, -0.15) is 0 Å². The zero-order chi connectivity index (χ0) is 13.3. The summed E-state index contributed by atoms with van der Waals surface area (Å²) in [5.74, 6) is 0. The molecule has 1 aliphatic carbocycles. The molecule has 0 saturated heterocycles. The average molecular weight is 255 g/mol. The van der Waals surface area contributed by atoms with E-state index in [0.717, 1.165) is 5.57 Å². The van der Waals surface area contributed by atoms with Gasteiger partial charge < -0.3 is 5.32 Å². The molecular weight excluding hydrogens is 238 g/mol. The minimum absolute atomic E-state index is 0.278. The monoisotopic (exact) mass is 255 g/mol. The number of rotatable bonds is 4. The number of amides is 1. The van der Waals surface area contributed by atoms with Crippen LogP contribution in [-0.4, -0.2) is 14.8 Å². The molecule has 0 aliphatic heterocycles. The Labute approximate surface area is 102 Å². The highest BCUT2D eigenvalue weighted by Crippen LogP contribution is 2.41. The first-order valence-electron chi connectivity index (χ1n) is 5.24. The molecule has 0 aromatic heterocycles. The fourth-order valence-electron chi connectivity index (χ4n) is 2.02. The lowest BCUT2D eigenvalue weighted by Gasteiger charge is -2.31. The maximum atomic E-state index is 12.2. The number of carbonyl (C=O) groups is 1. The molecule has 1 aliphatic rings. The number of hydrogen-bond acceptors (Lipinski definition) is 3. The van der Waals surface area contributed by atoms with E-state index in [4.69, 9.17) is 0 Å². The maximum absolute atomic E-state index is 12.2. The number of sulfone groups is 1. The second-order valence-corrected chi connectivity index (χ2v) is 6.73. The van der Waals surface area contributed by atoms with Gasteiger partial charge in [-0.25, -0.2) is 8.42 Å². The Morgan fingerprint density at radius 2 is 2.06 bits per heavy atom. The summed E-state index contributed by atoms with van der Waals surface area (Å²) in [6.45, 7) is 9.07. The zero-order valence-corrected chi connectivity index (χ0v) is 11.1. The summed E-state index contributed by atoms with van der Waals surface area (Å²) in [6, 6.07) is 0. The predicted octanol–water partition coefficient (Wildman–Crippen LogP) is 1.88. The summed E-state index contributed by atoms with van der Waals surface area (Å²) in [4.78, 5) is 10.6. The van der Waals surface area contributed by atoms with Gasteiger partial charge in [-0.3, -0.25) is 4.79 Å². The molecule has 94 valence electrons. The van der Waals surface area contributed by atoms with E-state index < -0.39 is 15.3 Å². The highest BCUT2D eigenvalue weighted by Gasteiger charge is 2.36. The molecule has 0 heterocycles. The lowest BCUT2D eigenvalue weighted by atomic mass is 9.82. The van der Waals surface area contributed by atoms with Gasteiger partial charge >= 0.3 is 0 Å². The molecule has 0 aromatic carbocycles. The molecular formula is C12H17NO3S. The third-order valence-corrected chi connectivity index (χ3v) is 4.78. The van der Waals surface area contributed by atoms with Gasteiger partial charge in [0, 0.05) is 5.41 Å². The molecule has 0 spiro atoms. The molecule has 1 amide bonds. The van der Waals surface area contributed by atoms with E-state index >= 15 is 0 Å². The molecule has 0 radical (unpaired) electrons. The third kappa shape index (κ3) is 2.66. The standard InChI is InChI=1S/C12H17NO3S/c1-9-5-6-11(12(3,4)7-9)17(15,16)10(2)13-8-14/h5-6,8H,2,7H2,1,3-4H3,(H,13,14). The molecule has 1 N–H and O–H groups in total. The van der Waals surface area contributed by atoms with Crippen LogP contribution in [0.5, 0.6) is 0 Å². The first-order chi connectivity index (χ1) is 7.71. The minimum Gasteiger partial charge on any atom is -0.319 e. The molecule has 4 nitrogen and oxygen atoms in total. The van der Waals surface area contributed by atoms with Crippen LogP contribution < -0.4 is 5.32 Å². The van der Waals surface area contributed by atoms with Gasteiger partial charge in [-0.1, -0.05) is 32.1 Å². The SMILES string of the molecule is C=C(NC=O)S(=O)(=O)C1=CC=C(C)CC1(C)C. The van der Waals surface area contributed by atoms with Crippen molar-refractivity contribution in [2.75, 3.05) is 0 Å². The molecule has 0 aromatic rings. The minimum atomic E-state index is -3.68. The largest absolute Gasteiger partial charge is 0.319 e. The van der Waals surface area contributed by atoms with Crippen molar-refractivity contribution in [3.63, 3.8) is 0 Å². The van der Waals surface area contributed by atoms with Crippen LogP contribution in [0.25, 0.3) is 0 Å². The van der Waals surface area contributed by atoms with Crippen LogP contribution in [0.1, 0.15) is 27.2 Å². The Morgan fingerprint density at radius 3 is 2.53 bits per heavy atom. The van der Waals surface area contributed by atoms with Gasteiger partial charge in [0.15, 0.2) is 0 Å². The van der Waals surface area contributed by atoms with E-state index in [1.165, 1.54) is 0 Å². The maximum Gasteiger partial charge on any atom is 0.218 e. The van der Waals surface area contributed by atoms with E-state index in [1.54, 1.807) is 12.2 Å². The van der Waals surface area contributed by atoms with Crippen LogP contribution in [0.3, 0.4) is 0 Å². The van der Waals surface area contributed by atoms with Crippen molar-refractivity contribution < 1.29 is 13.2 Å². The Kier molecular flexibility index (Phi) is 3.62. The Balaban J connectivity index is 3.24. The van der Waals surface area contributed by atoms with Crippen molar-refractivity contribution in [1.82, 2.24) is 5.32 Å². The van der Waals surface area contributed by atoms with Crippen molar-refractivity contribution >= 4 is 16.2 Å². The van der Waals surface area contributed by atoms with E-state index in [0.29, 0.717) is 12.8 Å². The molecule has 1 rings (SSSR count). The van der Waals surface area contributed by atoms with Crippen LogP contribution in [0, 0.1) is 5.41 Å². The molecule has 0 unspecified atom stereocenters. The first-order valence-corrected chi connectivity index (χ1v) is 6.72. The van der Waals surface area contributed by atoms with Crippen molar-refractivity contribution in [2.45, 2.75) is 27.2 Å². The molecule has 17 heavy (non-hydrogen) atoms. The lowest BCUT2D eigenvalue weighted by Crippen LogP contribution is -2.28. The summed E-state index contributed by atoms with van der Waals surface area (Å²) in [7, 11) is -3.68. The summed E-state index contributed by atoms with van der Waals surface area (Å²) in [5, 5.41) is 1.83. The smallest absolute Gasteiger partial charge is 0.218 e. The van der Waals surface area contributed by atoms with Crippen LogP contribution in [-0.2, 0) is 14.6 Å². The van der Waals surface area contributed by atoms with Crippen LogP contribution in [0.15, 0.2) is 34.2 Å². The van der Waals surface area contributed by atoms with Crippen molar-refractivity contribution in [1.29, 1.82) is 0 Å². The second kappa shape index (κ2) is 4.49. The van der Waals surface area contributed by atoms with E-state index in [-0.39, 0.29) is 9.93 Å². The molecule has 5 heteroatoms. The highest BCUT2D eigenvalue weighted by atomic mass is 32.2. The van der Waals surface area contributed by atoms with Crippen molar-refractivity contribution in [3.8, 4) is 0 Å². The first kappa shape index (κ1) is 13.7. The summed E-state index contributed by atoms with van der Waals surface area (Å²) in [5.41, 5.74) is 0.647. The molecule has 0 atom stereocenters. The van der Waals surface area contributed by atoms with E-state index in [9.17, 15) is 13.2 Å². The summed E-state index contributed by atoms with van der Waals surface area (Å²) in [6.07, 6.45) is 4.36. The fourth-order valence-corrected chi connectivity index (χ4v) is 3.53. The predicted molar refractivity (Wildman–Crippen MR) is 67.5 cm³/mol. The summed E-state index contributed by atoms with van der Waals surface area (Å²) >= 11 is 0. The average Bonchev–Trinajstić information content (AvgIpc) is 2.15. The Hall–Kier alpha value is -1.36. The van der Waals surface area contributed by atoms with Crippen molar-refractivity contribution in [2.24, 2.45) is 5.41 Å². The zero-order valence-electron chi connectivity index (χ0n) is 10.3. The van der Waals surface area contributed by atoms with Crippen LogP contribution in [0.2, 0.25) is 0 Å². The lowest BCUT2D eigenvalue weighted by molar-refractivity contribution is -0.108. The Morgan fingerprint density at radius 1 is 1.47 bits per heavy atom. The van der Waals surface area contributed by atoms with Gasteiger partial charge in [0.1, 0.15) is 5.03 Å². The van der Waals surface area contributed by atoms with Gasteiger partial charge in [-0.15, -0.1) is 0 Å². The summed E-state index contributed by atoms with van der Waals surface area (Å²) < 4.78 is 24.4. The number of allylic oxidation sites excluding steroid dienone is 4. The highest BCUT2D eigenvalue weighted by molar-refractivity contribution is 7.98. The van der Waals surface area contributed by atoms with Crippen LogP contribution in [0.4, 0.5) is 0 Å². The van der Waals surface area contributed by atoms with Gasteiger partial charge in [0.25, 0.3) is 0 Å². The van der Waals surface area contributed by atoms with Crippen LogP contribution >= 0.6 is 0 Å². The topological polar surface area (TPSA) is 63.2 Å². The fraction of sp³-hybridized carbons (Fsp3) is 0.417. The quantitative estimate of drug-likeness (QED) is 0.780.